The van der Waals surface area contributed by atoms with Crippen LogP contribution < -0.4 is 0 Å². The molecule has 1 rings (SSSR count). The van der Waals surface area contributed by atoms with E-state index in [4.69, 9.17) is 0 Å². The van der Waals surface area contributed by atoms with Crippen LogP contribution in [-0.4, -0.2) is 11.6 Å². The van der Waals surface area contributed by atoms with E-state index in [0.29, 0.717) is 6.42 Å². The molecule has 0 saturated heterocycles. The summed E-state index contributed by atoms with van der Waals surface area (Å²) in [6.07, 6.45) is 2.37. The highest BCUT2D eigenvalue weighted by Gasteiger charge is 2.59. The Kier molecular flexibility index (Phi) is 1.70. The molecule has 60 valence electrons. The Balaban J connectivity index is 2.87. The average Bonchev–Trinajstić information content (AvgIpc) is 2.61. The van der Waals surface area contributed by atoms with Crippen molar-refractivity contribution in [1.29, 1.82) is 0 Å². The van der Waals surface area contributed by atoms with Gasteiger partial charge in [-0.05, 0) is 26.2 Å². The maximum absolute atomic E-state index is 11.1. The first-order valence-corrected chi connectivity index (χ1v) is 3.70. The van der Waals surface area contributed by atoms with Crippen LogP contribution in [0.4, 0.5) is 0 Å². The molecule has 11 heavy (non-hydrogen) atoms. The zero-order valence-corrected chi connectivity index (χ0v) is 6.89. The molecule has 0 aromatic carbocycles. The van der Waals surface area contributed by atoms with Gasteiger partial charge in [0.2, 0.25) is 0 Å². The van der Waals surface area contributed by atoms with Gasteiger partial charge in [-0.3, -0.25) is 9.59 Å². The first-order valence-electron chi connectivity index (χ1n) is 3.70. The molecular weight excluding hydrogens is 140 g/mol. The van der Waals surface area contributed by atoms with Gasteiger partial charge < -0.3 is 0 Å². The normalized spacial score (nSPS) is 25.8. The fraction of sp³-hybridized carbons (Fsp3) is 0.556. The fourth-order valence-corrected chi connectivity index (χ4v) is 1.63. The molecule has 1 aliphatic carbocycles. The summed E-state index contributed by atoms with van der Waals surface area (Å²) < 4.78 is 0. The molecule has 1 unspecified atom stereocenters. The zero-order valence-electron chi connectivity index (χ0n) is 6.89. The molecule has 1 atom stereocenters. The van der Waals surface area contributed by atoms with E-state index in [1.54, 1.807) is 6.08 Å². The topological polar surface area (TPSA) is 34.1 Å². The molecule has 2 nitrogen and oxygen atoms in total. The number of rotatable bonds is 3. The second kappa shape index (κ2) is 2.29. The monoisotopic (exact) mass is 152 g/mol. The largest absolute Gasteiger partial charge is 0.299 e. The Morgan fingerprint density at radius 1 is 1.45 bits per heavy atom. The van der Waals surface area contributed by atoms with Crippen LogP contribution in [0.5, 0.6) is 0 Å². The highest BCUT2D eigenvalue weighted by Crippen LogP contribution is 2.54. The number of Topliss-reactive ketones (excluding diaryl/α,β-unsaturated/α-hetero) is 2. The van der Waals surface area contributed by atoms with Crippen LogP contribution in [-0.2, 0) is 9.59 Å². The summed E-state index contributed by atoms with van der Waals surface area (Å²) in [7, 11) is 0. The lowest BCUT2D eigenvalue weighted by molar-refractivity contribution is -0.132. The third kappa shape index (κ3) is 0.934. The second-order valence-electron chi connectivity index (χ2n) is 3.13. The van der Waals surface area contributed by atoms with E-state index in [2.05, 4.69) is 6.58 Å². The Bertz CT molecular complexity index is 214. The van der Waals surface area contributed by atoms with Gasteiger partial charge in [-0.25, -0.2) is 0 Å². The molecule has 0 heterocycles. The second-order valence-corrected chi connectivity index (χ2v) is 3.13. The lowest BCUT2D eigenvalue weighted by Crippen LogP contribution is -2.23. The van der Waals surface area contributed by atoms with Crippen molar-refractivity contribution in [2.24, 2.45) is 11.3 Å². The van der Waals surface area contributed by atoms with Crippen LogP contribution in [0.1, 0.15) is 20.3 Å². The summed E-state index contributed by atoms with van der Waals surface area (Å²) in [5.41, 5.74) is -0.679. The fourth-order valence-electron chi connectivity index (χ4n) is 1.63. The SMILES string of the molecule is C=CC1CC1(C(C)=O)C(C)=O. The predicted octanol–water partition coefficient (Wildman–Crippen LogP) is 1.36. The lowest BCUT2D eigenvalue weighted by atomic mass is 9.94. The van der Waals surface area contributed by atoms with E-state index < -0.39 is 5.41 Å². The lowest BCUT2D eigenvalue weighted by Gasteiger charge is -2.06. The van der Waals surface area contributed by atoms with Gasteiger partial charge in [0.05, 0.1) is 5.41 Å². The Morgan fingerprint density at radius 2 is 1.91 bits per heavy atom. The summed E-state index contributed by atoms with van der Waals surface area (Å²) in [6, 6.07) is 0. The molecule has 2 heteroatoms. The van der Waals surface area contributed by atoms with Crippen LogP contribution in [0, 0.1) is 11.3 Å². The van der Waals surface area contributed by atoms with Crippen molar-refractivity contribution in [3.8, 4) is 0 Å². The Morgan fingerprint density at radius 3 is 2.00 bits per heavy atom. The van der Waals surface area contributed by atoms with E-state index >= 15 is 0 Å². The van der Waals surface area contributed by atoms with Crippen molar-refractivity contribution in [3.05, 3.63) is 12.7 Å². The van der Waals surface area contributed by atoms with E-state index in [1.807, 2.05) is 0 Å². The number of ketones is 2. The van der Waals surface area contributed by atoms with Gasteiger partial charge in [-0.15, -0.1) is 6.58 Å². The smallest absolute Gasteiger partial charge is 0.143 e. The maximum atomic E-state index is 11.1. The van der Waals surface area contributed by atoms with Gasteiger partial charge in [0.1, 0.15) is 11.6 Å². The number of allylic oxidation sites excluding steroid dienone is 1. The van der Waals surface area contributed by atoms with Crippen LogP contribution in [0.3, 0.4) is 0 Å². The number of hydrogen-bond donors (Lipinski definition) is 0. The first kappa shape index (κ1) is 8.18. The first-order chi connectivity index (χ1) is 5.05. The molecule has 1 aliphatic rings. The van der Waals surface area contributed by atoms with Gasteiger partial charge in [0, 0.05) is 0 Å². The molecule has 0 aromatic heterocycles. The molecule has 0 bridgehead atoms. The summed E-state index contributed by atoms with van der Waals surface area (Å²) in [6.45, 7) is 6.53. The molecule has 0 radical (unpaired) electrons. The minimum Gasteiger partial charge on any atom is -0.299 e. The van der Waals surface area contributed by atoms with Crippen molar-refractivity contribution in [2.75, 3.05) is 0 Å². The summed E-state index contributed by atoms with van der Waals surface area (Å²) in [4.78, 5) is 22.1. The van der Waals surface area contributed by atoms with Crippen LogP contribution in [0.2, 0.25) is 0 Å². The van der Waals surface area contributed by atoms with E-state index in [9.17, 15) is 9.59 Å². The minimum absolute atomic E-state index is 0.0186. The highest BCUT2D eigenvalue weighted by atomic mass is 16.2. The molecular formula is C9H12O2. The summed E-state index contributed by atoms with van der Waals surface area (Å²) in [5.74, 6) is 0.0577. The third-order valence-electron chi connectivity index (χ3n) is 2.56. The van der Waals surface area contributed by atoms with Crippen molar-refractivity contribution in [3.63, 3.8) is 0 Å². The van der Waals surface area contributed by atoms with Crippen molar-refractivity contribution in [1.82, 2.24) is 0 Å². The number of carbonyl (C=O) groups is 2. The van der Waals surface area contributed by atoms with Crippen LogP contribution in [0.15, 0.2) is 12.7 Å². The summed E-state index contributed by atoms with van der Waals surface area (Å²) >= 11 is 0. The van der Waals surface area contributed by atoms with E-state index in [0.717, 1.165) is 0 Å². The highest BCUT2D eigenvalue weighted by molar-refractivity contribution is 6.08. The van der Waals surface area contributed by atoms with Gasteiger partial charge in [-0.1, -0.05) is 6.08 Å². The minimum atomic E-state index is -0.679. The van der Waals surface area contributed by atoms with Gasteiger partial charge >= 0.3 is 0 Å². The summed E-state index contributed by atoms with van der Waals surface area (Å²) in [5, 5.41) is 0. The quantitative estimate of drug-likeness (QED) is 0.452. The molecule has 0 spiro atoms. The Hall–Kier alpha value is -0.920. The predicted molar refractivity (Wildman–Crippen MR) is 42.1 cm³/mol. The van der Waals surface area contributed by atoms with Gasteiger partial charge in [-0.2, -0.15) is 0 Å². The van der Waals surface area contributed by atoms with Crippen molar-refractivity contribution >= 4 is 11.6 Å². The van der Waals surface area contributed by atoms with Crippen molar-refractivity contribution in [2.45, 2.75) is 20.3 Å². The molecule has 0 aromatic rings. The average molecular weight is 152 g/mol. The van der Waals surface area contributed by atoms with Crippen LogP contribution in [0.25, 0.3) is 0 Å². The van der Waals surface area contributed by atoms with Crippen molar-refractivity contribution < 1.29 is 9.59 Å². The standard InChI is InChI=1S/C9H12O2/c1-4-8-5-9(8,6(2)10)7(3)11/h4,8H,1,5H2,2-3H3. The van der Waals surface area contributed by atoms with Crippen LogP contribution >= 0.6 is 0 Å². The molecule has 1 saturated carbocycles. The number of carbonyl (C=O) groups excluding carboxylic acids is 2. The molecule has 0 amide bonds. The number of hydrogen-bond acceptors (Lipinski definition) is 2. The maximum Gasteiger partial charge on any atom is 0.143 e. The van der Waals surface area contributed by atoms with E-state index in [-0.39, 0.29) is 17.5 Å². The third-order valence-corrected chi connectivity index (χ3v) is 2.56. The molecule has 0 aliphatic heterocycles. The van der Waals surface area contributed by atoms with E-state index in [1.165, 1.54) is 13.8 Å². The zero-order chi connectivity index (χ0) is 8.65. The molecule has 1 fully saturated rings. The van der Waals surface area contributed by atoms with Gasteiger partial charge in [0.25, 0.3) is 0 Å². The van der Waals surface area contributed by atoms with Gasteiger partial charge in [0.15, 0.2) is 0 Å². The Labute approximate surface area is 66.3 Å². The molecule has 0 N–H and O–H groups in total.